The Morgan fingerprint density at radius 1 is 1.35 bits per heavy atom. The Balaban J connectivity index is 1.67. The molecule has 1 aliphatic carbocycles. The summed E-state index contributed by atoms with van der Waals surface area (Å²) in [5.74, 6) is 1.01. The summed E-state index contributed by atoms with van der Waals surface area (Å²) in [6.07, 6.45) is 0.888. The molecule has 23 heavy (non-hydrogen) atoms. The Bertz CT molecular complexity index is 693. The fourth-order valence-corrected chi connectivity index (χ4v) is 3.16. The van der Waals surface area contributed by atoms with Gasteiger partial charge >= 0.3 is 0 Å². The second-order valence-corrected chi connectivity index (χ2v) is 6.74. The number of ether oxygens (including phenoxy) is 1. The van der Waals surface area contributed by atoms with Gasteiger partial charge in [-0.2, -0.15) is 0 Å². The van der Waals surface area contributed by atoms with Gasteiger partial charge in [0.1, 0.15) is 11.9 Å². The first kappa shape index (κ1) is 15.6. The van der Waals surface area contributed by atoms with Gasteiger partial charge in [-0.25, -0.2) is 0 Å². The van der Waals surface area contributed by atoms with Crippen LogP contribution in [0.2, 0.25) is 0 Å². The number of para-hydroxylation sites is 1. The number of hydrogen-bond donors (Lipinski definition) is 0. The van der Waals surface area contributed by atoms with Crippen molar-refractivity contribution in [2.24, 2.45) is 5.41 Å². The first-order chi connectivity index (χ1) is 10.9. The molecular weight excluding hydrogens is 292 g/mol. The van der Waals surface area contributed by atoms with Crippen molar-refractivity contribution in [2.45, 2.75) is 39.3 Å². The molecule has 3 rings (SSSR count). The van der Waals surface area contributed by atoms with Gasteiger partial charge in [-0.3, -0.25) is 4.79 Å². The molecule has 1 fully saturated rings. The number of nitrogens with zero attached hydrogens (tertiary/aromatic N) is 2. The average molecular weight is 314 g/mol. The lowest BCUT2D eigenvalue weighted by molar-refractivity contribution is -0.0892. The highest BCUT2D eigenvalue weighted by Gasteiger charge is 2.53. The van der Waals surface area contributed by atoms with E-state index in [4.69, 9.17) is 9.26 Å². The van der Waals surface area contributed by atoms with Crippen LogP contribution in [0, 0.1) is 12.3 Å². The molecule has 1 heterocycles. The quantitative estimate of drug-likeness (QED) is 0.869. The summed E-state index contributed by atoms with van der Waals surface area (Å²) in [5, 5.41) is 3.78. The molecule has 0 N–H and O–H groups in total. The van der Waals surface area contributed by atoms with E-state index in [1.54, 1.807) is 17.9 Å². The molecule has 0 radical (unpaired) electrons. The van der Waals surface area contributed by atoms with Crippen LogP contribution in [-0.2, 0) is 0 Å². The minimum absolute atomic E-state index is 0.0848. The highest BCUT2D eigenvalue weighted by atomic mass is 16.5. The fourth-order valence-electron chi connectivity index (χ4n) is 3.16. The summed E-state index contributed by atoms with van der Waals surface area (Å²) >= 11 is 0. The van der Waals surface area contributed by atoms with E-state index in [1.807, 2.05) is 37.4 Å². The molecule has 2 atom stereocenters. The number of hydrogen-bond acceptors (Lipinski definition) is 4. The highest BCUT2D eigenvalue weighted by Crippen LogP contribution is 2.45. The van der Waals surface area contributed by atoms with E-state index in [2.05, 4.69) is 19.0 Å². The van der Waals surface area contributed by atoms with Crippen molar-refractivity contribution in [3.8, 4) is 5.75 Å². The molecule has 0 saturated heterocycles. The standard InChI is InChI=1S/C18H22N2O3/c1-12-10-14(23-19-12)17(21)20(4)15-11-16(18(15,2)3)22-13-8-6-5-7-9-13/h5-10,15-16H,11H2,1-4H3/t15-,16+/m0/s1. The highest BCUT2D eigenvalue weighted by molar-refractivity contribution is 5.91. The Kier molecular flexibility index (Phi) is 3.88. The fraction of sp³-hybridized carbons (Fsp3) is 0.444. The molecule has 1 amide bonds. The summed E-state index contributed by atoms with van der Waals surface area (Å²) in [6.45, 7) is 6.06. The summed E-state index contributed by atoms with van der Waals surface area (Å²) in [6, 6.07) is 11.6. The third-order valence-electron chi connectivity index (χ3n) is 4.77. The summed E-state index contributed by atoms with van der Waals surface area (Å²) < 4.78 is 11.1. The van der Waals surface area contributed by atoms with E-state index in [0.717, 1.165) is 12.2 Å². The maximum atomic E-state index is 12.5. The molecule has 5 nitrogen and oxygen atoms in total. The largest absolute Gasteiger partial charge is 0.490 e. The Morgan fingerprint density at radius 2 is 2.04 bits per heavy atom. The number of aromatic nitrogens is 1. The first-order valence-electron chi connectivity index (χ1n) is 7.82. The lowest BCUT2D eigenvalue weighted by Gasteiger charge is -2.54. The number of rotatable bonds is 4. The Morgan fingerprint density at radius 3 is 2.61 bits per heavy atom. The molecule has 122 valence electrons. The second kappa shape index (κ2) is 5.72. The number of amides is 1. The third-order valence-corrected chi connectivity index (χ3v) is 4.77. The molecule has 1 aliphatic rings. The van der Waals surface area contributed by atoms with Gasteiger partial charge in [-0.1, -0.05) is 37.2 Å². The predicted molar refractivity (Wildman–Crippen MR) is 86.4 cm³/mol. The van der Waals surface area contributed by atoms with Gasteiger partial charge < -0.3 is 14.2 Å². The van der Waals surface area contributed by atoms with Crippen LogP contribution < -0.4 is 4.74 Å². The van der Waals surface area contributed by atoms with Gasteiger partial charge in [0.05, 0.1) is 5.69 Å². The second-order valence-electron chi connectivity index (χ2n) is 6.74. The average Bonchev–Trinajstić information content (AvgIpc) is 2.97. The first-order valence-corrected chi connectivity index (χ1v) is 7.82. The van der Waals surface area contributed by atoms with Crippen LogP contribution >= 0.6 is 0 Å². The smallest absolute Gasteiger partial charge is 0.292 e. The summed E-state index contributed by atoms with van der Waals surface area (Å²) in [7, 11) is 1.81. The van der Waals surface area contributed by atoms with Gasteiger partial charge in [-0.05, 0) is 19.1 Å². The van der Waals surface area contributed by atoms with Crippen LogP contribution in [0.5, 0.6) is 5.75 Å². The molecule has 0 spiro atoms. The maximum absolute atomic E-state index is 12.5. The van der Waals surface area contributed by atoms with Crippen LogP contribution in [-0.4, -0.2) is 35.2 Å². The van der Waals surface area contributed by atoms with E-state index in [9.17, 15) is 4.79 Å². The Hall–Kier alpha value is -2.30. The molecule has 5 heteroatoms. The Labute approximate surface area is 136 Å². The summed E-state index contributed by atoms with van der Waals surface area (Å²) in [4.78, 5) is 14.2. The molecule has 1 aromatic heterocycles. The number of benzene rings is 1. The van der Waals surface area contributed by atoms with E-state index in [1.165, 1.54) is 0 Å². The minimum atomic E-state index is -0.137. The molecule has 0 bridgehead atoms. The van der Waals surface area contributed by atoms with Crippen molar-refractivity contribution >= 4 is 5.91 Å². The van der Waals surface area contributed by atoms with Crippen molar-refractivity contribution in [1.82, 2.24) is 10.1 Å². The van der Waals surface area contributed by atoms with E-state index in [-0.39, 0.29) is 29.2 Å². The number of aryl methyl sites for hydroxylation is 1. The van der Waals surface area contributed by atoms with E-state index >= 15 is 0 Å². The molecule has 2 aromatic rings. The predicted octanol–water partition coefficient (Wildman–Crippen LogP) is 3.30. The minimum Gasteiger partial charge on any atom is -0.490 e. The van der Waals surface area contributed by atoms with Gasteiger partial charge in [0.25, 0.3) is 5.91 Å². The molecular formula is C18H22N2O3. The SMILES string of the molecule is Cc1cc(C(=O)N(C)[C@H]2C[C@@H](Oc3ccccc3)C2(C)C)on1. The van der Waals surface area contributed by atoms with Crippen LogP contribution in [0.3, 0.4) is 0 Å². The maximum Gasteiger partial charge on any atom is 0.292 e. The monoisotopic (exact) mass is 314 g/mol. The normalized spacial score (nSPS) is 22.3. The van der Waals surface area contributed by atoms with Crippen molar-refractivity contribution < 1.29 is 14.1 Å². The topological polar surface area (TPSA) is 55.6 Å². The molecule has 1 aromatic carbocycles. The number of carbonyl (C=O) groups is 1. The third kappa shape index (κ3) is 2.83. The van der Waals surface area contributed by atoms with Crippen molar-refractivity contribution in [3.63, 3.8) is 0 Å². The van der Waals surface area contributed by atoms with Gasteiger partial charge in [-0.15, -0.1) is 0 Å². The van der Waals surface area contributed by atoms with Crippen LogP contribution in [0.1, 0.15) is 36.5 Å². The summed E-state index contributed by atoms with van der Waals surface area (Å²) in [5.41, 5.74) is 0.579. The van der Waals surface area contributed by atoms with Crippen molar-refractivity contribution in [3.05, 3.63) is 47.9 Å². The van der Waals surface area contributed by atoms with Gasteiger partial charge in [0.2, 0.25) is 5.76 Å². The van der Waals surface area contributed by atoms with Gasteiger partial charge in [0.15, 0.2) is 0 Å². The number of carbonyl (C=O) groups excluding carboxylic acids is 1. The molecule has 0 aliphatic heterocycles. The zero-order valence-electron chi connectivity index (χ0n) is 13.9. The van der Waals surface area contributed by atoms with Crippen LogP contribution in [0.4, 0.5) is 0 Å². The van der Waals surface area contributed by atoms with Crippen LogP contribution in [0.25, 0.3) is 0 Å². The zero-order chi connectivity index (χ0) is 16.6. The van der Waals surface area contributed by atoms with Crippen LogP contribution in [0.15, 0.2) is 40.9 Å². The molecule has 0 unspecified atom stereocenters. The van der Waals surface area contributed by atoms with E-state index in [0.29, 0.717) is 5.69 Å². The van der Waals surface area contributed by atoms with Crippen molar-refractivity contribution in [1.29, 1.82) is 0 Å². The van der Waals surface area contributed by atoms with E-state index < -0.39 is 0 Å². The molecule has 1 saturated carbocycles. The lowest BCUT2D eigenvalue weighted by atomic mass is 9.63. The lowest BCUT2D eigenvalue weighted by Crippen LogP contribution is -2.63. The van der Waals surface area contributed by atoms with Crippen molar-refractivity contribution in [2.75, 3.05) is 7.05 Å². The van der Waals surface area contributed by atoms with Gasteiger partial charge in [0, 0.05) is 31.0 Å². The zero-order valence-corrected chi connectivity index (χ0v) is 13.9.